The van der Waals surface area contributed by atoms with Crippen molar-refractivity contribution in [2.24, 2.45) is 11.0 Å². The Hall–Kier alpha value is -2.69. The van der Waals surface area contributed by atoms with Crippen LogP contribution >= 0.6 is 0 Å². The number of nitrogens with one attached hydrogen (secondary N) is 2. The molecule has 23 heavy (non-hydrogen) atoms. The molecule has 2 N–H and O–H groups in total. The van der Waals surface area contributed by atoms with Crippen LogP contribution in [0.1, 0.15) is 19.8 Å². The zero-order valence-electron chi connectivity index (χ0n) is 13.3. The Bertz CT molecular complexity index is 785. The third-order valence-corrected chi connectivity index (χ3v) is 4.11. The number of nitrogens with zero attached hydrogens (tertiary/aromatic N) is 2. The molecule has 0 aliphatic heterocycles. The summed E-state index contributed by atoms with van der Waals surface area (Å²) in [5.74, 6) is 0.426. The molecule has 1 saturated carbocycles. The van der Waals surface area contributed by atoms with E-state index in [0.717, 1.165) is 35.0 Å². The predicted molar refractivity (Wildman–Crippen MR) is 93.3 cm³/mol. The molecule has 118 valence electrons. The molecule has 1 amide bonds. The van der Waals surface area contributed by atoms with E-state index < -0.39 is 0 Å². The molecule has 1 aliphatic rings. The number of fused-ring (bicyclic) bond motifs is 1. The first-order chi connectivity index (χ1) is 11.2. The van der Waals surface area contributed by atoms with Crippen LogP contribution in [0.5, 0.6) is 0 Å². The fraction of sp³-hybridized carbons (Fsp3) is 0.278. The second kappa shape index (κ2) is 6.60. The van der Waals surface area contributed by atoms with Crippen LogP contribution in [0.25, 0.3) is 10.9 Å². The van der Waals surface area contributed by atoms with Crippen molar-refractivity contribution in [3.63, 3.8) is 0 Å². The first-order valence-corrected chi connectivity index (χ1v) is 7.76. The number of hydrogen-bond donors (Lipinski definition) is 2. The van der Waals surface area contributed by atoms with Crippen molar-refractivity contribution in [1.82, 2.24) is 10.3 Å². The maximum atomic E-state index is 12.0. The lowest BCUT2D eigenvalue weighted by molar-refractivity contribution is -0.116. The molecule has 0 spiro atoms. The summed E-state index contributed by atoms with van der Waals surface area (Å²) in [6.07, 6.45) is 5.66. The van der Waals surface area contributed by atoms with Gasteiger partial charge in [0.05, 0.1) is 23.0 Å². The number of pyridine rings is 1. The largest absolute Gasteiger partial charge is 0.355 e. The van der Waals surface area contributed by atoms with Gasteiger partial charge in [-0.1, -0.05) is 23.8 Å². The maximum absolute atomic E-state index is 12.0. The van der Waals surface area contributed by atoms with Crippen LogP contribution in [0, 0.1) is 5.92 Å². The maximum Gasteiger partial charge on any atom is 0.252 e. The van der Waals surface area contributed by atoms with E-state index in [9.17, 15) is 4.79 Å². The van der Waals surface area contributed by atoms with Gasteiger partial charge in [-0.05, 0) is 37.8 Å². The normalized spacial score (nSPS) is 15.6. The van der Waals surface area contributed by atoms with E-state index in [4.69, 9.17) is 0 Å². The molecule has 1 heterocycles. The molecule has 0 atom stereocenters. The number of likely N-dealkylation sites (N-methyl/N-ethyl adjacent to an activating group) is 1. The highest BCUT2D eigenvalue weighted by Crippen LogP contribution is 2.37. The monoisotopic (exact) mass is 308 g/mol. The summed E-state index contributed by atoms with van der Waals surface area (Å²) in [6.45, 7) is 2.01. The molecule has 0 unspecified atom stereocenters. The number of hydrazone groups is 1. The van der Waals surface area contributed by atoms with Crippen LogP contribution in [0.3, 0.4) is 0 Å². The number of para-hydroxylation sites is 1. The number of benzene rings is 1. The lowest BCUT2D eigenvalue weighted by Crippen LogP contribution is -2.22. The number of amides is 1. The molecular weight excluding hydrogens is 288 g/mol. The van der Waals surface area contributed by atoms with Crippen LogP contribution < -0.4 is 10.7 Å². The Kier molecular flexibility index (Phi) is 4.37. The molecule has 1 aliphatic carbocycles. The summed E-state index contributed by atoms with van der Waals surface area (Å²) >= 11 is 0. The van der Waals surface area contributed by atoms with Crippen molar-refractivity contribution < 1.29 is 4.79 Å². The average Bonchev–Trinajstić information content (AvgIpc) is 3.43. The first kappa shape index (κ1) is 15.2. The predicted octanol–water partition coefficient (Wildman–Crippen LogP) is 3.11. The second-order valence-electron chi connectivity index (χ2n) is 5.70. The van der Waals surface area contributed by atoms with Gasteiger partial charge in [0.2, 0.25) is 0 Å². The summed E-state index contributed by atoms with van der Waals surface area (Å²) in [7, 11) is 1.64. The third-order valence-electron chi connectivity index (χ3n) is 4.11. The SMILES string of the molecule is CNC(=O)C(/C=N\Nc1ccnc2ccccc12)=C(/C)C1CC1. The Morgan fingerprint density at radius 1 is 1.30 bits per heavy atom. The smallest absolute Gasteiger partial charge is 0.252 e. The fourth-order valence-corrected chi connectivity index (χ4v) is 2.57. The van der Waals surface area contributed by atoms with Crippen LogP contribution in [0.2, 0.25) is 0 Å². The molecule has 0 radical (unpaired) electrons. The quantitative estimate of drug-likeness (QED) is 0.507. The van der Waals surface area contributed by atoms with Crippen molar-refractivity contribution in [3.8, 4) is 0 Å². The van der Waals surface area contributed by atoms with E-state index >= 15 is 0 Å². The van der Waals surface area contributed by atoms with E-state index in [0.29, 0.717) is 11.5 Å². The highest BCUT2D eigenvalue weighted by Gasteiger charge is 2.26. The van der Waals surface area contributed by atoms with E-state index in [-0.39, 0.29) is 5.91 Å². The molecule has 2 aromatic rings. The number of allylic oxidation sites excluding steroid dienone is 1. The van der Waals surface area contributed by atoms with Crippen molar-refractivity contribution >= 4 is 28.7 Å². The molecule has 1 aromatic carbocycles. The molecule has 3 rings (SSSR count). The van der Waals surface area contributed by atoms with Gasteiger partial charge in [0.1, 0.15) is 0 Å². The number of hydrogen-bond acceptors (Lipinski definition) is 4. The standard InChI is InChI=1S/C18H20N4O/c1-12(13-7-8-13)15(18(23)19-2)11-21-22-17-9-10-20-16-6-4-3-5-14(16)17/h3-6,9-11,13H,7-8H2,1-2H3,(H,19,23)(H,20,22)/b15-12-,21-11-. The second-order valence-corrected chi connectivity index (χ2v) is 5.70. The summed E-state index contributed by atoms with van der Waals surface area (Å²) in [5.41, 5.74) is 6.55. The molecule has 0 bridgehead atoms. The van der Waals surface area contributed by atoms with E-state index in [1.165, 1.54) is 0 Å². The van der Waals surface area contributed by atoms with Gasteiger partial charge in [0.25, 0.3) is 5.91 Å². The Balaban J connectivity index is 1.84. The van der Waals surface area contributed by atoms with Crippen LogP contribution in [-0.4, -0.2) is 24.2 Å². The van der Waals surface area contributed by atoms with Gasteiger partial charge >= 0.3 is 0 Å². The Morgan fingerprint density at radius 2 is 2.09 bits per heavy atom. The third kappa shape index (κ3) is 3.39. The van der Waals surface area contributed by atoms with Gasteiger partial charge in [0.15, 0.2) is 0 Å². The minimum atomic E-state index is -0.0977. The minimum Gasteiger partial charge on any atom is -0.355 e. The zero-order chi connectivity index (χ0) is 16.2. The van der Waals surface area contributed by atoms with Crippen molar-refractivity contribution in [2.75, 3.05) is 12.5 Å². The minimum absolute atomic E-state index is 0.0977. The summed E-state index contributed by atoms with van der Waals surface area (Å²) in [5, 5.41) is 7.95. The van der Waals surface area contributed by atoms with Crippen LogP contribution in [-0.2, 0) is 4.79 Å². The number of anilines is 1. The zero-order valence-corrected chi connectivity index (χ0v) is 13.3. The Labute approximate surface area is 135 Å². The lowest BCUT2D eigenvalue weighted by atomic mass is 10.1. The van der Waals surface area contributed by atoms with E-state index in [2.05, 4.69) is 20.8 Å². The van der Waals surface area contributed by atoms with Gasteiger partial charge in [-0.25, -0.2) is 0 Å². The molecule has 1 aromatic heterocycles. The summed E-state index contributed by atoms with van der Waals surface area (Å²) in [4.78, 5) is 16.4. The molecule has 0 saturated heterocycles. The van der Waals surface area contributed by atoms with Crippen LogP contribution in [0.4, 0.5) is 5.69 Å². The highest BCUT2D eigenvalue weighted by molar-refractivity contribution is 6.13. The molecule has 1 fully saturated rings. The topological polar surface area (TPSA) is 66.4 Å². The number of aromatic nitrogens is 1. The number of carbonyl (C=O) groups is 1. The number of rotatable bonds is 5. The highest BCUT2D eigenvalue weighted by atomic mass is 16.1. The summed E-state index contributed by atoms with van der Waals surface area (Å²) < 4.78 is 0. The molecule has 5 nitrogen and oxygen atoms in total. The van der Waals surface area contributed by atoms with Gasteiger partial charge in [-0.15, -0.1) is 0 Å². The van der Waals surface area contributed by atoms with Gasteiger partial charge in [-0.3, -0.25) is 15.2 Å². The lowest BCUT2D eigenvalue weighted by Gasteiger charge is -2.07. The number of carbonyl (C=O) groups excluding carboxylic acids is 1. The fourth-order valence-electron chi connectivity index (χ4n) is 2.57. The van der Waals surface area contributed by atoms with Gasteiger partial charge in [-0.2, -0.15) is 5.10 Å². The average molecular weight is 308 g/mol. The van der Waals surface area contributed by atoms with E-state index in [1.54, 1.807) is 19.5 Å². The molecular formula is C18H20N4O. The Morgan fingerprint density at radius 3 is 2.83 bits per heavy atom. The van der Waals surface area contributed by atoms with Crippen molar-refractivity contribution in [2.45, 2.75) is 19.8 Å². The van der Waals surface area contributed by atoms with Crippen LogP contribution in [0.15, 0.2) is 52.8 Å². The van der Waals surface area contributed by atoms with Crippen molar-refractivity contribution in [1.29, 1.82) is 0 Å². The van der Waals surface area contributed by atoms with Gasteiger partial charge < -0.3 is 5.32 Å². The van der Waals surface area contributed by atoms with E-state index in [1.807, 2.05) is 37.3 Å². The van der Waals surface area contributed by atoms with Gasteiger partial charge in [0, 0.05) is 18.6 Å². The molecule has 5 heteroatoms. The summed E-state index contributed by atoms with van der Waals surface area (Å²) in [6, 6.07) is 9.74. The van der Waals surface area contributed by atoms with Crippen molar-refractivity contribution in [3.05, 3.63) is 47.7 Å². The first-order valence-electron chi connectivity index (χ1n) is 7.76.